The van der Waals surface area contributed by atoms with Crippen molar-refractivity contribution in [2.24, 2.45) is 4.99 Å². The molecule has 0 heterocycles. The average Bonchev–Trinajstić information content (AvgIpc) is 2.18. The van der Waals surface area contributed by atoms with Gasteiger partial charge in [-0.3, -0.25) is 4.99 Å². The molecule has 0 aliphatic heterocycles. The van der Waals surface area contributed by atoms with E-state index >= 15 is 0 Å². The fraction of sp³-hybridized carbons (Fsp3) is 0.462. The van der Waals surface area contributed by atoms with Crippen LogP contribution in [0.25, 0.3) is 0 Å². The van der Waals surface area contributed by atoms with E-state index in [0.29, 0.717) is 0 Å². The largest absolute Gasteiger partial charge is 0.361 e. The number of rotatable bonds is 3. The number of hydrogen-bond acceptors (Lipinski definition) is 1. The van der Waals surface area contributed by atoms with Gasteiger partial charge in [-0.05, 0) is 26.3 Å². The molecule has 0 saturated carbocycles. The van der Waals surface area contributed by atoms with Crippen LogP contribution in [0.15, 0.2) is 35.3 Å². The highest BCUT2D eigenvalue weighted by Gasteiger charge is 2.12. The van der Waals surface area contributed by atoms with Crippen molar-refractivity contribution in [3.63, 3.8) is 0 Å². The Morgan fingerprint density at radius 2 is 1.80 bits per heavy atom. The summed E-state index contributed by atoms with van der Waals surface area (Å²) in [6, 6.07) is 10.3. The van der Waals surface area contributed by atoms with Gasteiger partial charge in [0.2, 0.25) is 0 Å². The summed E-state index contributed by atoms with van der Waals surface area (Å²) in [5, 5.41) is 0. The Kier molecular flexibility index (Phi) is 3.89. The Bertz CT molecular complexity index is 309. The summed E-state index contributed by atoms with van der Waals surface area (Å²) < 4.78 is 0. The van der Waals surface area contributed by atoms with Crippen molar-refractivity contribution < 1.29 is 0 Å². The minimum atomic E-state index is 0.139. The molecule has 0 atom stereocenters. The molecule has 0 bridgehead atoms. The number of nitrogens with zero attached hydrogens (tertiary/aromatic N) is 2. The van der Waals surface area contributed by atoms with E-state index in [4.69, 9.17) is 0 Å². The molecule has 0 aliphatic carbocycles. The summed E-state index contributed by atoms with van der Waals surface area (Å²) in [5.41, 5.74) is 1.39. The van der Waals surface area contributed by atoms with Crippen LogP contribution in [0.2, 0.25) is 0 Å². The summed E-state index contributed by atoms with van der Waals surface area (Å²) in [6.07, 6.45) is 1.91. The van der Waals surface area contributed by atoms with E-state index in [1.165, 1.54) is 5.56 Å². The van der Waals surface area contributed by atoms with Crippen LogP contribution < -0.4 is 0 Å². The Morgan fingerprint density at radius 3 is 2.33 bits per heavy atom. The quantitative estimate of drug-likeness (QED) is 0.546. The molecule has 1 rings (SSSR count). The number of hydrogen-bond donors (Lipinski definition) is 0. The minimum absolute atomic E-state index is 0.139. The molecule has 0 unspecified atom stereocenters. The first-order chi connectivity index (χ1) is 7.00. The lowest BCUT2D eigenvalue weighted by Gasteiger charge is -2.29. The number of aliphatic imine (C=N–C) groups is 1. The lowest BCUT2D eigenvalue weighted by molar-refractivity contribution is 0.289. The third-order valence-corrected chi connectivity index (χ3v) is 2.43. The summed E-state index contributed by atoms with van der Waals surface area (Å²) in [6.45, 7) is 7.26. The molecule has 0 aliphatic rings. The molecule has 1 aromatic rings. The highest BCUT2D eigenvalue weighted by Crippen LogP contribution is 2.08. The van der Waals surface area contributed by atoms with E-state index in [0.717, 1.165) is 6.54 Å². The molecule has 0 spiro atoms. The third kappa shape index (κ3) is 4.15. The van der Waals surface area contributed by atoms with Crippen LogP contribution in [0.3, 0.4) is 0 Å². The lowest BCUT2D eigenvalue weighted by atomic mass is 10.1. The van der Waals surface area contributed by atoms with E-state index in [1.807, 2.05) is 24.5 Å². The zero-order chi connectivity index (χ0) is 11.3. The lowest BCUT2D eigenvalue weighted by Crippen LogP contribution is -2.36. The van der Waals surface area contributed by atoms with Crippen LogP contribution in [0, 0.1) is 0 Å². The molecule has 2 nitrogen and oxygen atoms in total. The second kappa shape index (κ2) is 4.96. The summed E-state index contributed by atoms with van der Waals surface area (Å²) in [5.74, 6) is 0. The first-order valence-electron chi connectivity index (χ1n) is 5.27. The van der Waals surface area contributed by atoms with Gasteiger partial charge in [-0.15, -0.1) is 0 Å². The highest BCUT2D eigenvalue weighted by molar-refractivity contribution is 5.55. The maximum absolute atomic E-state index is 4.41. The smallest absolute Gasteiger partial charge is 0.0855 e. The predicted molar refractivity (Wildman–Crippen MR) is 66.2 cm³/mol. The molecule has 0 N–H and O–H groups in total. The van der Waals surface area contributed by atoms with Crippen molar-refractivity contribution in [1.82, 2.24) is 4.90 Å². The Morgan fingerprint density at radius 1 is 1.20 bits per heavy atom. The predicted octanol–water partition coefficient (Wildman–Crippen LogP) is 2.95. The molecular weight excluding hydrogens is 184 g/mol. The van der Waals surface area contributed by atoms with Crippen molar-refractivity contribution in [2.75, 3.05) is 7.05 Å². The van der Waals surface area contributed by atoms with Gasteiger partial charge in [0.1, 0.15) is 0 Å². The zero-order valence-corrected chi connectivity index (χ0v) is 10.1. The summed E-state index contributed by atoms with van der Waals surface area (Å²) >= 11 is 0. The maximum Gasteiger partial charge on any atom is 0.0855 e. The van der Waals surface area contributed by atoms with E-state index in [2.05, 4.69) is 49.8 Å². The maximum atomic E-state index is 4.41. The van der Waals surface area contributed by atoms with Gasteiger partial charge in [0.25, 0.3) is 0 Å². The standard InChI is InChI=1S/C13H20N2/c1-13(2,3)15(4)11-14-10-12-8-6-5-7-9-12/h5-9,11H,10H2,1-4H3. The van der Waals surface area contributed by atoms with E-state index < -0.39 is 0 Å². The SMILES string of the molecule is CN(C=NCc1ccccc1)C(C)(C)C. The molecular formula is C13H20N2. The van der Waals surface area contributed by atoms with Crippen LogP contribution >= 0.6 is 0 Å². The van der Waals surface area contributed by atoms with Gasteiger partial charge in [-0.25, -0.2) is 0 Å². The first kappa shape index (κ1) is 11.8. The highest BCUT2D eigenvalue weighted by atomic mass is 15.2. The third-order valence-electron chi connectivity index (χ3n) is 2.43. The van der Waals surface area contributed by atoms with Gasteiger partial charge in [0.05, 0.1) is 12.9 Å². The molecule has 1 aromatic carbocycles. The Balaban J connectivity index is 2.47. The van der Waals surface area contributed by atoms with Crippen LogP contribution in [-0.4, -0.2) is 23.8 Å². The molecule has 0 fully saturated rings. The van der Waals surface area contributed by atoms with Crippen molar-refractivity contribution in [1.29, 1.82) is 0 Å². The second-order valence-electron chi connectivity index (χ2n) is 4.72. The van der Waals surface area contributed by atoms with Gasteiger partial charge in [0, 0.05) is 12.6 Å². The van der Waals surface area contributed by atoms with Crippen LogP contribution in [0.4, 0.5) is 0 Å². The van der Waals surface area contributed by atoms with E-state index in [9.17, 15) is 0 Å². The fourth-order valence-corrected chi connectivity index (χ4v) is 1.03. The topological polar surface area (TPSA) is 15.6 Å². The minimum Gasteiger partial charge on any atom is -0.361 e. The van der Waals surface area contributed by atoms with Crippen molar-refractivity contribution in [3.05, 3.63) is 35.9 Å². The van der Waals surface area contributed by atoms with E-state index in [-0.39, 0.29) is 5.54 Å². The van der Waals surface area contributed by atoms with Crippen molar-refractivity contribution in [3.8, 4) is 0 Å². The van der Waals surface area contributed by atoms with Gasteiger partial charge in [0.15, 0.2) is 0 Å². The monoisotopic (exact) mass is 204 g/mol. The molecule has 0 aromatic heterocycles. The second-order valence-corrected chi connectivity index (χ2v) is 4.72. The number of benzene rings is 1. The molecule has 82 valence electrons. The molecule has 0 saturated heterocycles. The summed E-state index contributed by atoms with van der Waals surface area (Å²) in [4.78, 5) is 6.53. The normalized spacial score (nSPS) is 12.0. The van der Waals surface area contributed by atoms with Crippen molar-refractivity contribution >= 4 is 6.34 Å². The average molecular weight is 204 g/mol. The Labute approximate surface area is 92.6 Å². The first-order valence-corrected chi connectivity index (χ1v) is 5.27. The fourth-order valence-electron chi connectivity index (χ4n) is 1.03. The van der Waals surface area contributed by atoms with Crippen LogP contribution in [0.1, 0.15) is 26.3 Å². The van der Waals surface area contributed by atoms with Gasteiger partial charge in [-0.2, -0.15) is 0 Å². The molecule has 0 radical (unpaired) electrons. The Hall–Kier alpha value is -1.31. The van der Waals surface area contributed by atoms with E-state index in [1.54, 1.807) is 0 Å². The molecule has 15 heavy (non-hydrogen) atoms. The van der Waals surface area contributed by atoms with Gasteiger partial charge in [-0.1, -0.05) is 30.3 Å². The van der Waals surface area contributed by atoms with Crippen LogP contribution in [-0.2, 0) is 6.54 Å². The van der Waals surface area contributed by atoms with Gasteiger partial charge < -0.3 is 4.90 Å². The van der Waals surface area contributed by atoms with Crippen LogP contribution in [0.5, 0.6) is 0 Å². The molecule has 0 amide bonds. The molecule has 2 heteroatoms. The summed E-state index contributed by atoms with van der Waals surface area (Å²) in [7, 11) is 2.05. The van der Waals surface area contributed by atoms with Crippen molar-refractivity contribution in [2.45, 2.75) is 32.9 Å². The zero-order valence-electron chi connectivity index (χ0n) is 10.1. The van der Waals surface area contributed by atoms with Gasteiger partial charge >= 0.3 is 0 Å².